The molecule has 3 amide bonds. The number of carbonyl (C=O) groups excluding carboxylic acids is 3. The number of anilines is 1. The van der Waals surface area contributed by atoms with Crippen LogP contribution in [-0.4, -0.2) is 68.2 Å². The molecule has 0 radical (unpaired) electrons. The summed E-state index contributed by atoms with van der Waals surface area (Å²) < 4.78 is 21.2. The summed E-state index contributed by atoms with van der Waals surface area (Å²) in [6, 6.07) is 6.38. The van der Waals surface area contributed by atoms with Crippen molar-refractivity contribution in [3.05, 3.63) is 59.2 Å². The van der Waals surface area contributed by atoms with Crippen LogP contribution in [0.2, 0.25) is 5.02 Å². The predicted molar refractivity (Wildman–Crippen MR) is 132 cm³/mol. The number of amides is 3. The molecule has 1 N–H and O–H groups in total. The Balaban J connectivity index is 1.39. The lowest BCUT2D eigenvalue weighted by molar-refractivity contribution is -0.127. The summed E-state index contributed by atoms with van der Waals surface area (Å²) in [5.74, 6) is -0.0455. The first-order chi connectivity index (χ1) is 17.0. The lowest BCUT2D eigenvalue weighted by Crippen LogP contribution is -2.40. The molecule has 2 aliphatic heterocycles. The Bertz CT molecular complexity index is 1190. The molecule has 11 heteroatoms. The third kappa shape index (κ3) is 5.87. The van der Waals surface area contributed by atoms with E-state index in [2.05, 4.69) is 10.3 Å². The molecule has 1 aromatic carbocycles. The minimum atomic E-state index is -1.18. The second kappa shape index (κ2) is 10.3. The zero-order valence-electron chi connectivity index (χ0n) is 20.4. The molecule has 9 nitrogen and oxygen atoms in total. The number of likely N-dealkylation sites (tertiary alicyclic amines) is 1. The number of alkyl halides is 1. The topological polar surface area (TPSA) is 96.8 Å². The van der Waals surface area contributed by atoms with Gasteiger partial charge in [0.05, 0.1) is 36.0 Å². The summed E-state index contributed by atoms with van der Waals surface area (Å²) in [5, 5.41) is 3.21. The summed E-state index contributed by atoms with van der Waals surface area (Å²) in [6.07, 6.45) is 2.72. The van der Waals surface area contributed by atoms with Crippen LogP contribution in [0.15, 0.2) is 42.6 Å². The number of nitrogens with zero attached hydrogens (tertiary/aromatic N) is 4. The number of para-hydroxylation sites is 1. The van der Waals surface area contributed by atoms with E-state index in [4.69, 9.17) is 16.3 Å². The molecule has 2 atom stereocenters. The molecular formula is C25H29ClFN5O4. The van der Waals surface area contributed by atoms with Gasteiger partial charge in [-0.05, 0) is 32.9 Å². The Kier molecular flexibility index (Phi) is 7.35. The minimum Gasteiger partial charge on any atom is -0.444 e. The Hall–Kier alpha value is -3.40. The summed E-state index contributed by atoms with van der Waals surface area (Å²) in [5.41, 5.74) is 0.176. The fourth-order valence-electron chi connectivity index (χ4n) is 4.20. The second-order valence-corrected chi connectivity index (χ2v) is 10.2. The lowest BCUT2D eigenvalue weighted by atomic mass is 10.2. The average molecular weight is 518 g/mol. The van der Waals surface area contributed by atoms with Crippen molar-refractivity contribution >= 4 is 35.2 Å². The third-order valence-corrected chi connectivity index (χ3v) is 6.24. The van der Waals surface area contributed by atoms with Crippen LogP contribution in [0.5, 0.6) is 0 Å². The predicted octanol–water partition coefficient (Wildman–Crippen LogP) is 4.03. The van der Waals surface area contributed by atoms with Crippen LogP contribution in [0, 0.1) is 0 Å². The number of aromatic nitrogens is 2. The maximum Gasteiger partial charge on any atom is 0.410 e. The fourth-order valence-corrected chi connectivity index (χ4v) is 4.39. The Morgan fingerprint density at radius 3 is 2.69 bits per heavy atom. The lowest BCUT2D eigenvalue weighted by Gasteiger charge is -2.28. The van der Waals surface area contributed by atoms with E-state index in [0.717, 1.165) is 0 Å². The molecule has 0 saturated carbocycles. The van der Waals surface area contributed by atoms with Gasteiger partial charge in [-0.3, -0.25) is 14.5 Å². The van der Waals surface area contributed by atoms with E-state index >= 15 is 0 Å². The first-order valence-electron chi connectivity index (χ1n) is 11.7. The number of halogens is 2. The van der Waals surface area contributed by atoms with Crippen LogP contribution in [0.1, 0.15) is 43.5 Å². The van der Waals surface area contributed by atoms with E-state index in [1.54, 1.807) is 60.6 Å². The number of fused-ring (bicyclic) bond motifs is 1. The number of benzene rings is 1. The van der Waals surface area contributed by atoms with Gasteiger partial charge in [-0.1, -0.05) is 29.8 Å². The Morgan fingerprint density at radius 1 is 1.22 bits per heavy atom. The molecule has 0 bridgehead atoms. The molecule has 2 aromatic rings. The summed E-state index contributed by atoms with van der Waals surface area (Å²) in [7, 11) is 0. The number of nitrogens with one attached hydrogen (secondary N) is 1. The average Bonchev–Trinajstić information content (AvgIpc) is 3.40. The largest absolute Gasteiger partial charge is 0.444 e. The standard InChI is InChI=1S/C25H29ClFN5O4/c1-25(2,3)36-24(35)32-14-16(27)12-17(32)8-9-22(33)30-10-11-31-20(13-28-21(31)15-30)23(34)29-19-7-5-4-6-18(19)26/h4-9,13,16-17H,10-12,14-15H2,1-3H3,(H,29,34)/b9-8+/t16-,17-/m0/s1. The highest BCUT2D eigenvalue weighted by Crippen LogP contribution is 2.25. The van der Waals surface area contributed by atoms with Crippen LogP contribution in [0.25, 0.3) is 0 Å². The molecule has 2 aliphatic rings. The van der Waals surface area contributed by atoms with Gasteiger partial charge in [0.15, 0.2) is 0 Å². The van der Waals surface area contributed by atoms with Crippen molar-refractivity contribution < 1.29 is 23.5 Å². The highest BCUT2D eigenvalue weighted by molar-refractivity contribution is 6.33. The van der Waals surface area contributed by atoms with Crippen LogP contribution in [0.3, 0.4) is 0 Å². The first kappa shape index (κ1) is 25.7. The summed E-state index contributed by atoms with van der Waals surface area (Å²) in [4.78, 5) is 45.3. The number of carbonyl (C=O) groups is 3. The molecule has 4 rings (SSSR count). The van der Waals surface area contributed by atoms with Crippen molar-refractivity contribution in [2.24, 2.45) is 0 Å². The van der Waals surface area contributed by atoms with Crippen LogP contribution < -0.4 is 5.32 Å². The SMILES string of the molecule is CC(C)(C)OC(=O)N1C[C@@H](F)C[C@@H]1/C=C/C(=O)N1CCn2c(C(=O)Nc3ccccc3Cl)cnc2C1. The fraction of sp³-hybridized carbons (Fsp3) is 0.440. The molecule has 1 aromatic heterocycles. The normalized spacial score (nSPS) is 19.9. The second-order valence-electron chi connectivity index (χ2n) is 9.80. The first-order valence-corrected chi connectivity index (χ1v) is 12.1. The molecule has 36 heavy (non-hydrogen) atoms. The molecular weight excluding hydrogens is 489 g/mol. The smallest absolute Gasteiger partial charge is 0.410 e. The summed E-state index contributed by atoms with van der Waals surface area (Å²) >= 11 is 6.13. The van der Waals surface area contributed by atoms with Gasteiger partial charge >= 0.3 is 6.09 Å². The van der Waals surface area contributed by atoms with Gasteiger partial charge in [0.1, 0.15) is 23.3 Å². The molecule has 1 saturated heterocycles. The van der Waals surface area contributed by atoms with Crippen molar-refractivity contribution in [2.75, 3.05) is 18.4 Å². The van der Waals surface area contributed by atoms with E-state index in [1.807, 2.05) is 0 Å². The van der Waals surface area contributed by atoms with Gasteiger partial charge in [-0.15, -0.1) is 0 Å². The van der Waals surface area contributed by atoms with Crippen molar-refractivity contribution in [3.63, 3.8) is 0 Å². The Morgan fingerprint density at radius 2 is 1.97 bits per heavy atom. The van der Waals surface area contributed by atoms with Gasteiger partial charge in [-0.25, -0.2) is 14.2 Å². The van der Waals surface area contributed by atoms with E-state index in [1.165, 1.54) is 17.2 Å². The van der Waals surface area contributed by atoms with Crippen molar-refractivity contribution in [2.45, 2.75) is 58.1 Å². The maximum absolute atomic E-state index is 14.1. The molecule has 3 heterocycles. The highest BCUT2D eigenvalue weighted by atomic mass is 35.5. The van der Waals surface area contributed by atoms with Crippen LogP contribution in [0.4, 0.5) is 14.9 Å². The van der Waals surface area contributed by atoms with Gasteiger partial charge in [-0.2, -0.15) is 0 Å². The molecule has 1 fully saturated rings. The zero-order valence-corrected chi connectivity index (χ0v) is 21.2. The zero-order chi connectivity index (χ0) is 26.0. The van der Waals surface area contributed by atoms with Gasteiger partial charge < -0.3 is 19.5 Å². The number of hydrogen-bond donors (Lipinski definition) is 1. The molecule has 192 valence electrons. The minimum absolute atomic E-state index is 0.0711. The van der Waals surface area contributed by atoms with Crippen molar-refractivity contribution in [1.29, 1.82) is 0 Å². The van der Waals surface area contributed by atoms with Crippen LogP contribution in [-0.2, 0) is 22.6 Å². The van der Waals surface area contributed by atoms with E-state index in [-0.39, 0.29) is 31.3 Å². The van der Waals surface area contributed by atoms with Crippen molar-refractivity contribution in [3.8, 4) is 0 Å². The number of ether oxygens (including phenoxy) is 1. The third-order valence-electron chi connectivity index (χ3n) is 5.91. The quantitative estimate of drug-likeness (QED) is 0.617. The number of hydrogen-bond acceptors (Lipinski definition) is 5. The molecule has 0 spiro atoms. The molecule has 0 unspecified atom stereocenters. The van der Waals surface area contributed by atoms with Crippen LogP contribution >= 0.6 is 11.6 Å². The van der Waals surface area contributed by atoms with Gasteiger partial charge in [0, 0.05) is 25.6 Å². The maximum atomic E-state index is 14.1. The monoisotopic (exact) mass is 517 g/mol. The van der Waals surface area contributed by atoms with Gasteiger partial charge in [0.2, 0.25) is 5.91 Å². The molecule has 0 aliphatic carbocycles. The van der Waals surface area contributed by atoms with E-state index in [0.29, 0.717) is 35.3 Å². The number of rotatable bonds is 4. The van der Waals surface area contributed by atoms with E-state index < -0.39 is 23.9 Å². The summed E-state index contributed by atoms with van der Waals surface area (Å²) in [6.45, 7) is 6.13. The highest BCUT2D eigenvalue weighted by Gasteiger charge is 2.36. The van der Waals surface area contributed by atoms with E-state index in [9.17, 15) is 18.8 Å². The van der Waals surface area contributed by atoms with Gasteiger partial charge in [0.25, 0.3) is 5.91 Å². The van der Waals surface area contributed by atoms with Crippen molar-refractivity contribution in [1.82, 2.24) is 19.4 Å². The Labute approximate surface area is 213 Å². The number of imidazole rings is 1.